The third-order valence-electron chi connectivity index (χ3n) is 6.84. The van der Waals surface area contributed by atoms with E-state index >= 15 is 0 Å². The normalized spacial score (nSPS) is 15.2. The number of urea groups is 1. The van der Waals surface area contributed by atoms with Gasteiger partial charge in [0.2, 0.25) is 5.91 Å². The van der Waals surface area contributed by atoms with Gasteiger partial charge >= 0.3 is 6.03 Å². The summed E-state index contributed by atoms with van der Waals surface area (Å²) in [5.74, 6) is 1.65. The highest BCUT2D eigenvalue weighted by Crippen LogP contribution is 2.50. The predicted octanol–water partition coefficient (Wildman–Crippen LogP) is 6.14. The number of carbonyl (C=O) groups excluding carboxylic acids is 2. The molecule has 0 spiro atoms. The third-order valence-corrected chi connectivity index (χ3v) is 8.00. The van der Waals surface area contributed by atoms with Crippen LogP contribution in [0.3, 0.4) is 0 Å². The van der Waals surface area contributed by atoms with Crippen LogP contribution in [0.2, 0.25) is 0 Å². The fourth-order valence-corrected chi connectivity index (χ4v) is 6.15. The molecule has 0 bridgehead atoms. The number of rotatable bonds is 5. The van der Waals surface area contributed by atoms with Crippen molar-refractivity contribution in [3.05, 3.63) is 66.4 Å². The zero-order chi connectivity index (χ0) is 25.5. The molecule has 1 N–H and O–H groups in total. The second kappa shape index (κ2) is 9.40. The van der Waals surface area contributed by atoms with Gasteiger partial charge in [0.25, 0.3) is 0 Å². The number of pyridine rings is 1. The van der Waals surface area contributed by atoms with Gasteiger partial charge in [-0.2, -0.15) is 0 Å². The smallest absolute Gasteiger partial charge is 0.331 e. The van der Waals surface area contributed by atoms with Crippen molar-refractivity contribution in [2.75, 3.05) is 41.3 Å². The van der Waals surface area contributed by atoms with Gasteiger partial charge in [0, 0.05) is 38.8 Å². The fraction of sp³-hybridized carbons (Fsp3) is 0.250. The molecule has 0 unspecified atom stereocenters. The van der Waals surface area contributed by atoms with Crippen LogP contribution >= 0.6 is 11.3 Å². The van der Waals surface area contributed by atoms with Crippen LogP contribution in [0.1, 0.15) is 18.9 Å². The van der Waals surface area contributed by atoms with Gasteiger partial charge in [0.05, 0.1) is 22.4 Å². The Kier molecular flexibility index (Phi) is 5.92. The molecule has 0 aliphatic carbocycles. The molecule has 8 nitrogen and oxygen atoms in total. The van der Waals surface area contributed by atoms with Gasteiger partial charge in [0.1, 0.15) is 21.3 Å². The molecule has 9 heteroatoms. The predicted molar refractivity (Wildman–Crippen MR) is 148 cm³/mol. The van der Waals surface area contributed by atoms with E-state index < -0.39 is 0 Å². The van der Waals surface area contributed by atoms with Gasteiger partial charge < -0.3 is 19.9 Å². The van der Waals surface area contributed by atoms with Crippen molar-refractivity contribution in [1.82, 2.24) is 9.88 Å². The van der Waals surface area contributed by atoms with Crippen molar-refractivity contribution in [3.8, 4) is 11.5 Å². The fourth-order valence-electron chi connectivity index (χ4n) is 4.98. The van der Waals surface area contributed by atoms with Crippen molar-refractivity contribution >= 4 is 55.6 Å². The van der Waals surface area contributed by atoms with E-state index in [1.807, 2.05) is 73.3 Å². The lowest BCUT2D eigenvalue weighted by molar-refractivity contribution is -0.131. The number of aryl methyl sites for hydroxylation is 1. The van der Waals surface area contributed by atoms with Crippen LogP contribution < -0.4 is 19.9 Å². The second-order valence-corrected chi connectivity index (χ2v) is 10.1. The SMILES string of the molecule is CCC(=O)N1CCN(c2sc3nccc4c3c2NC(=O)N4c2ccc(Oc3ccccc3)cc2C)CC1. The zero-order valence-corrected chi connectivity index (χ0v) is 21.5. The van der Waals surface area contributed by atoms with E-state index in [9.17, 15) is 9.59 Å². The highest BCUT2D eigenvalue weighted by molar-refractivity contribution is 7.23. The summed E-state index contributed by atoms with van der Waals surface area (Å²) in [5.41, 5.74) is 3.33. The molecule has 0 atom stereocenters. The molecule has 4 aromatic rings. The summed E-state index contributed by atoms with van der Waals surface area (Å²) in [7, 11) is 0. The van der Waals surface area contributed by atoms with E-state index in [1.165, 1.54) is 0 Å². The zero-order valence-electron chi connectivity index (χ0n) is 20.7. The monoisotopic (exact) mass is 513 g/mol. The number of nitrogens with one attached hydrogen (secondary N) is 1. The maximum absolute atomic E-state index is 13.5. The van der Waals surface area contributed by atoms with Crippen LogP contribution in [0.4, 0.5) is 26.9 Å². The minimum Gasteiger partial charge on any atom is -0.457 e. The average molecular weight is 514 g/mol. The third kappa shape index (κ3) is 4.15. The molecule has 188 valence electrons. The Labute approximate surface area is 219 Å². The van der Waals surface area contributed by atoms with Gasteiger partial charge in [-0.25, -0.2) is 9.78 Å². The average Bonchev–Trinajstić information content (AvgIpc) is 3.29. The van der Waals surface area contributed by atoms with E-state index in [0.29, 0.717) is 25.3 Å². The molecule has 0 radical (unpaired) electrons. The molecule has 1 saturated heterocycles. The highest BCUT2D eigenvalue weighted by Gasteiger charge is 2.34. The number of nitrogens with zero attached hydrogens (tertiary/aromatic N) is 4. The summed E-state index contributed by atoms with van der Waals surface area (Å²) in [5, 5.41) is 5.09. The summed E-state index contributed by atoms with van der Waals surface area (Å²) in [6.07, 6.45) is 2.28. The van der Waals surface area contributed by atoms with Gasteiger partial charge in [-0.1, -0.05) is 36.5 Å². The molecule has 37 heavy (non-hydrogen) atoms. The quantitative estimate of drug-likeness (QED) is 0.347. The van der Waals surface area contributed by atoms with Gasteiger partial charge in [0.15, 0.2) is 0 Å². The van der Waals surface area contributed by atoms with Crippen LogP contribution in [0, 0.1) is 6.92 Å². The van der Waals surface area contributed by atoms with Crippen molar-refractivity contribution < 1.29 is 14.3 Å². The summed E-state index contributed by atoms with van der Waals surface area (Å²) in [6.45, 7) is 6.68. The number of aromatic nitrogens is 1. The molecule has 2 aromatic carbocycles. The number of para-hydroxylation sites is 1. The Morgan fingerprint density at radius 1 is 1.03 bits per heavy atom. The van der Waals surface area contributed by atoms with Crippen LogP contribution in [-0.2, 0) is 4.79 Å². The van der Waals surface area contributed by atoms with E-state index in [1.54, 1.807) is 22.4 Å². The number of thiophene rings is 1. The number of carbonyl (C=O) groups is 2. The maximum Gasteiger partial charge on any atom is 0.331 e. The van der Waals surface area contributed by atoms with Crippen LogP contribution in [0.15, 0.2) is 60.8 Å². The van der Waals surface area contributed by atoms with E-state index in [0.717, 1.165) is 56.7 Å². The molecule has 2 aliphatic heterocycles. The first-order valence-corrected chi connectivity index (χ1v) is 13.2. The molecule has 4 heterocycles. The minimum atomic E-state index is -0.209. The number of ether oxygens (including phenoxy) is 1. The number of anilines is 4. The number of hydrogen-bond acceptors (Lipinski definition) is 6. The minimum absolute atomic E-state index is 0.181. The first-order chi connectivity index (χ1) is 18.0. The molecule has 0 saturated carbocycles. The van der Waals surface area contributed by atoms with E-state index in [-0.39, 0.29) is 11.9 Å². The Balaban J connectivity index is 1.33. The van der Waals surface area contributed by atoms with Gasteiger partial charge in [-0.05, 0) is 48.9 Å². The lowest BCUT2D eigenvalue weighted by atomic mass is 10.1. The van der Waals surface area contributed by atoms with Gasteiger partial charge in [-0.15, -0.1) is 0 Å². The Bertz CT molecular complexity index is 1490. The molecular weight excluding hydrogens is 486 g/mol. The van der Waals surface area contributed by atoms with E-state index in [4.69, 9.17) is 4.74 Å². The van der Waals surface area contributed by atoms with Crippen LogP contribution in [0.5, 0.6) is 11.5 Å². The first kappa shape index (κ1) is 23.3. The molecule has 2 aliphatic rings. The Morgan fingerprint density at radius 2 is 1.81 bits per heavy atom. The molecule has 3 amide bonds. The standard InChI is InChI=1S/C28H27N5O3S/c1-3-23(34)31-13-15-32(16-14-31)27-25-24-22(11-12-29-26(24)37-27)33(28(35)30-25)21-10-9-20(17-18(21)2)36-19-7-5-4-6-8-19/h4-12,17H,3,13-16H2,1-2H3,(H,30,35). The lowest BCUT2D eigenvalue weighted by Gasteiger charge is -2.36. The van der Waals surface area contributed by atoms with Crippen molar-refractivity contribution in [2.24, 2.45) is 0 Å². The molecular formula is C28H27N5O3S. The van der Waals surface area contributed by atoms with E-state index in [2.05, 4.69) is 15.2 Å². The summed E-state index contributed by atoms with van der Waals surface area (Å²) in [4.78, 5) is 37.0. The summed E-state index contributed by atoms with van der Waals surface area (Å²) < 4.78 is 5.98. The second-order valence-electron chi connectivity index (χ2n) is 9.14. The summed E-state index contributed by atoms with van der Waals surface area (Å²) >= 11 is 1.58. The van der Waals surface area contributed by atoms with Crippen molar-refractivity contribution in [1.29, 1.82) is 0 Å². The maximum atomic E-state index is 13.5. The molecule has 1 fully saturated rings. The molecule has 2 aromatic heterocycles. The van der Waals surface area contributed by atoms with Crippen molar-refractivity contribution in [3.63, 3.8) is 0 Å². The highest BCUT2D eigenvalue weighted by atomic mass is 32.1. The van der Waals surface area contributed by atoms with Gasteiger partial charge in [-0.3, -0.25) is 9.69 Å². The van der Waals surface area contributed by atoms with Crippen LogP contribution in [0.25, 0.3) is 10.2 Å². The molecule has 6 rings (SSSR count). The number of piperazine rings is 1. The summed E-state index contributed by atoms with van der Waals surface area (Å²) in [6, 6.07) is 17.1. The van der Waals surface area contributed by atoms with Crippen LogP contribution in [-0.4, -0.2) is 48.0 Å². The lowest BCUT2D eigenvalue weighted by Crippen LogP contribution is -2.48. The van der Waals surface area contributed by atoms with Crippen molar-refractivity contribution in [2.45, 2.75) is 20.3 Å². The largest absolute Gasteiger partial charge is 0.457 e. The number of hydrogen-bond donors (Lipinski definition) is 1. The number of benzene rings is 2. The number of amides is 3. The Hall–Kier alpha value is -4.11. The first-order valence-electron chi connectivity index (χ1n) is 12.4. The topological polar surface area (TPSA) is 78.0 Å². The Morgan fingerprint density at radius 3 is 2.54 bits per heavy atom.